The van der Waals surface area contributed by atoms with Crippen molar-refractivity contribution in [2.75, 3.05) is 33.3 Å². The Morgan fingerprint density at radius 3 is 2.70 bits per heavy atom. The summed E-state index contributed by atoms with van der Waals surface area (Å²) in [5.74, 6) is -1.03. The van der Waals surface area contributed by atoms with E-state index in [4.69, 9.17) is 4.74 Å². The number of carbonyl (C=O) groups is 4. The van der Waals surface area contributed by atoms with Crippen LogP contribution in [0.5, 0.6) is 0 Å². The van der Waals surface area contributed by atoms with Gasteiger partial charge in [0.1, 0.15) is 11.8 Å². The number of amides is 1. The second kappa shape index (κ2) is 14.0. The minimum Gasteiger partial charge on any atom is -0.467 e. The van der Waals surface area contributed by atoms with Crippen molar-refractivity contribution < 1.29 is 23.9 Å². The Morgan fingerprint density at radius 1 is 1.19 bits per heavy atom. The molecule has 2 aliphatic rings. The van der Waals surface area contributed by atoms with Crippen LogP contribution in [-0.2, 0) is 36.9 Å². The van der Waals surface area contributed by atoms with Crippen LogP contribution >= 0.6 is 0 Å². The lowest BCUT2D eigenvalue weighted by molar-refractivity contribution is -0.161. The van der Waals surface area contributed by atoms with Gasteiger partial charge in [0.2, 0.25) is 0 Å². The van der Waals surface area contributed by atoms with E-state index in [1.165, 1.54) is 12.1 Å². The lowest BCUT2D eigenvalue weighted by atomic mass is 9.95. The molecule has 2 aromatic carbocycles. The zero-order valence-corrected chi connectivity index (χ0v) is 24.6. The van der Waals surface area contributed by atoms with Gasteiger partial charge in [-0.1, -0.05) is 42.5 Å². The minimum atomic E-state index is -0.976. The molecule has 1 unspecified atom stereocenters. The van der Waals surface area contributed by atoms with Crippen LogP contribution in [0.3, 0.4) is 0 Å². The molecule has 0 spiro atoms. The first-order valence-corrected chi connectivity index (χ1v) is 14.7. The number of fused-ring (bicyclic) bond motifs is 1. The number of Topliss-reactive ketones (excluding diaryl/α,β-unsaturated/α-hetero) is 2. The smallest absolute Gasteiger partial charge is 0.329 e. The average Bonchev–Trinajstić information content (AvgIpc) is 3.80. The Bertz CT molecular complexity index is 1430. The molecule has 3 heterocycles. The zero-order valence-electron chi connectivity index (χ0n) is 24.6. The van der Waals surface area contributed by atoms with Crippen molar-refractivity contribution in [2.45, 2.75) is 57.3 Å². The summed E-state index contributed by atoms with van der Waals surface area (Å²) >= 11 is 0. The first-order chi connectivity index (χ1) is 20.8. The molecule has 43 heavy (non-hydrogen) atoms. The summed E-state index contributed by atoms with van der Waals surface area (Å²) in [4.78, 5) is 61.9. The summed E-state index contributed by atoms with van der Waals surface area (Å²) in [7, 11) is 1.27. The first kappa shape index (κ1) is 30.5. The number of rotatable bonds is 13. The van der Waals surface area contributed by atoms with Crippen LogP contribution in [0.2, 0.25) is 0 Å². The Hall–Kier alpha value is -3.97. The molecule has 2 aliphatic heterocycles. The van der Waals surface area contributed by atoms with E-state index in [1.54, 1.807) is 24.5 Å². The predicted octanol–water partition coefficient (Wildman–Crippen LogP) is 1.38. The number of ether oxygens (including phenoxy) is 1. The topological polar surface area (TPSA) is 140 Å². The van der Waals surface area contributed by atoms with Crippen molar-refractivity contribution in [3.05, 3.63) is 66.2 Å². The van der Waals surface area contributed by atoms with Crippen LogP contribution in [-0.4, -0.2) is 99.7 Å². The van der Waals surface area contributed by atoms with Crippen molar-refractivity contribution in [3.63, 3.8) is 0 Å². The Morgan fingerprint density at radius 2 is 2.00 bits per heavy atom. The number of hydrogen-bond acceptors (Lipinski definition) is 10. The van der Waals surface area contributed by atoms with Crippen molar-refractivity contribution in [1.29, 1.82) is 0 Å². The van der Waals surface area contributed by atoms with E-state index < -0.39 is 24.0 Å². The maximum Gasteiger partial charge on any atom is 0.329 e. The van der Waals surface area contributed by atoms with Crippen LogP contribution in [0.15, 0.2) is 55.0 Å². The largest absolute Gasteiger partial charge is 0.467 e. The van der Waals surface area contributed by atoms with Crippen molar-refractivity contribution in [1.82, 2.24) is 35.7 Å². The molecule has 3 aromatic rings. The van der Waals surface area contributed by atoms with Gasteiger partial charge < -0.3 is 15.0 Å². The highest BCUT2D eigenvalue weighted by Crippen LogP contribution is 2.24. The van der Waals surface area contributed by atoms with Crippen LogP contribution in [0.1, 0.15) is 37.4 Å². The number of carbonyl (C=O) groups excluding carboxylic acids is 4. The maximum absolute atomic E-state index is 14.2. The van der Waals surface area contributed by atoms with Crippen LogP contribution < -0.4 is 10.9 Å². The van der Waals surface area contributed by atoms with Crippen molar-refractivity contribution >= 4 is 34.2 Å². The molecule has 5 rings (SSSR count). The van der Waals surface area contributed by atoms with Gasteiger partial charge >= 0.3 is 5.97 Å². The van der Waals surface area contributed by atoms with Gasteiger partial charge in [0.25, 0.3) is 5.91 Å². The van der Waals surface area contributed by atoms with Gasteiger partial charge in [0, 0.05) is 31.7 Å². The third-order valence-corrected chi connectivity index (χ3v) is 8.18. The molecule has 0 bridgehead atoms. The van der Waals surface area contributed by atoms with Gasteiger partial charge in [-0.15, -0.1) is 0 Å². The predicted molar refractivity (Wildman–Crippen MR) is 159 cm³/mol. The summed E-state index contributed by atoms with van der Waals surface area (Å²) in [6, 6.07) is 12.3. The molecule has 2 fully saturated rings. The number of aromatic nitrogens is 2. The number of aromatic amines is 1. The maximum atomic E-state index is 14.2. The monoisotopic (exact) mass is 589 g/mol. The van der Waals surface area contributed by atoms with E-state index in [-0.39, 0.29) is 37.1 Å². The minimum absolute atomic E-state index is 0.0412. The molecule has 0 aliphatic carbocycles. The molecule has 1 amide bonds. The number of nitrogens with zero attached hydrogens (tertiary/aromatic N) is 4. The second-order valence-corrected chi connectivity index (χ2v) is 11.2. The summed E-state index contributed by atoms with van der Waals surface area (Å²) in [6.07, 6.45) is 5.42. The van der Waals surface area contributed by atoms with Gasteiger partial charge in [0.05, 0.1) is 44.7 Å². The molecule has 12 nitrogen and oxygen atoms in total. The average molecular weight is 590 g/mol. The quantitative estimate of drug-likeness (QED) is 0.198. The van der Waals surface area contributed by atoms with Crippen molar-refractivity contribution in [2.24, 2.45) is 0 Å². The van der Waals surface area contributed by atoms with Crippen LogP contribution in [0.25, 0.3) is 10.8 Å². The van der Waals surface area contributed by atoms with E-state index in [0.29, 0.717) is 25.2 Å². The Labute approximate surface area is 250 Å². The number of hydrogen-bond donors (Lipinski definition) is 3. The number of imidazole rings is 1. The summed E-state index contributed by atoms with van der Waals surface area (Å²) in [6.45, 7) is 3.05. The molecule has 3 N–H and O–H groups in total. The van der Waals surface area contributed by atoms with Gasteiger partial charge in [-0.3, -0.25) is 19.3 Å². The number of ketones is 2. The van der Waals surface area contributed by atoms with E-state index in [0.717, 1.165) is 35.7 Å². The van der Waals surface area contributed by atoms with Gasteiger partial charge in [-0.25, -0.2) is 19.8 Å². The molecule has 2 saturated heterocycles. The van der Waals surface area contributed by atoms with Gasteiger partial charge in [0.15, 0.2) is 5.78 Å². The molecular formula is C31H39N7O5. The fourth-order valence-corrected chi connectivity index (χ4v) is 5.99. The third kappa shape index (κ3) is 7.34. The molecule has 228 valence electrons. The Balaban J connectivity index is 1.50. The van der Waals surface area contributed by atoms with Crippen LogP contribution in [0.4, 0.5) is 0 Å². The molecule has 3 atom stereocenters. The SMILES string of the molecule is COC(=O)[C@H](C)N(NN1CCC(=O)C1)C(=O)CN(Cc1cccc2ccccc12)C(C(=O)Cc1c[nH]cn1)[C@@H]1CCCN1. The molecular weight excluding hydrogens is 550 g/mol. The molecule has 0 radical (unpaired) electrons. The fourth-order valence-electron chi connectivity index (χ4n) is 5.99. The highest BCUT2D eigenvalue weighted by molar-refractivity contribution is 5.89. The number of esters is 1. The highest BCUT2D eigenvalue weighted by atomic mass is 16.5. The van der Waals surface area contributed by atoms with Crippen molar-refractivity contribution in [3.8, 4) is 0 Å². The van der Waals surface area contributed by atoms with E-state index >= 15 is 0 Å². The molecule has 12 heteroatoms. The number of benzene rings is 2. The van der Waals surface area contributed by atoms with Gasteiger partial charge in [-0.2, -0.15) is 5.53 Å². The number of hydrazine groups is 2. The fraction of sp³-hybridized carbons (Fsp3) is 0.452. The van der Waals surface area contributed by atoms with E-state index in [2.05, 4.69) is 20.8 Å². The lowest BCUT2D eigenvalue weighted by Gasteiger charge is -2.37. The Kier molecular flexibility index (Phi) is 9.93. The second-order valence-electron chi connectivity index (χ2n) is 11.2. The van der Waals surface area contributed by atoms with Gasteiger partial charge in [-0.05, 0) is 42.6 Å². The first-order valence-electron chi connectivity index (χ1n) is 14.7. The number of nitrogens with one attached hydrogen (secondary N) is 3. The third-order valence-electron chi connectivity index (χ3n) is 8.18. The molecule has 1 aromatic heterocycles. The zero-order chi connectivity index (χ0) is 30.3. The summed E-state index contributed by atoms with van der Waals surface area (Å²) < 4.78 is 4.96. The summed E-state index contributed by atoms with van der Waals surface area (Å²) in [5, 5.41) is 8.42. The van der Waals surface area contributed by atoms with E-state index in [1.807, 2.05) is 47.4 Å². The highest BCUT2D eigenvalue weighted by Gasteiger charge is 2.39. The summed E-state index contributed by atoms with van der Waals surface area (Å²) in [5.41, 5.74) is 4.60. The lowest BCUT2D eigenvalue weighted by Crippen LogP contribution is -2.61. The number of methoxy groups -OCH3 is 1. The standard InChI is InChI=1S/C31H39N7O5/c1-21(31(42)43-2)38(35-37-14-12-25(39)18-37)29(41)19-36(17-23-9-5-8-22-7-3-4-10-26(22)23)30(27-11-6-13-33-27)28(40)15-24-16-32-20-34-24/h3-5,7-10,16,20-21,27,30,33,35H,6,11-15,17-19H2,1-2H3,(H,32,34)/t21-,27-,30?/m0/s1. The van der Waals surface area contributed by atoms with Crippen LogP contribution in [0, 0.1) is 0 Å². The van der Waals surface area contributed by atoms with E-state index in [9.17, 15) is 19.2 Å². The number of H-pyrrole nitrogens is 1. The molecule has 0 saturated carbocycles. The normalized spacial score (nSPS) is 18.7.